The summed E-state index contributed by atoms with van der Waals surface area (Å²) in [4.78, 5) is 27.3. The molecule has 19 heavy (non-hydrogen) atoms. The van der Waals surface area contributed by atoms with E-state index in [4.69, 9.17) is 11.6 Å². The Labute approximate surface area is 115 Å². The van der Waals surface area contributed by atoms with E-state index in [0.29, 0.717) is 11.6 Å². The van der Waals surface area contributed by atoms with Crippen LogP contribution in [-0.2, 0) is 6.54 Å². The quantitative estimate of drug-likeness (QED) is 0.935. The Hall–Kier alpha value is -2.07. The van der Waals surface area contributed by atoms with Gasteiger partial charge in [0.2, 0.25) is 5.56 Å². The van der Waals surface area contributed by atoms with Crippen LogP contribution in [0.5, 0.6) is 0 Å². The molecule has 0 aliphatic rings. The van der Waals surface area contributed by atoms with Crippen LogP contribution in [0.3, 0.4) is 0 Å². The molecule has 1 N–H and O–H groups in total. The standard InChI is InChI=1S/C14H13ClN2O2/c1-17(9-10-4-2-5-11(15)8-10)14(19)12-6-3-7-13(18)16-12/h2-8H,9H2,1H3,(H,16,18). The summed E-state index contributed by atoms with van der Waals surface area (Å²) in [5, 5.41) is 0.631. The largest absolute Gasteiger partial charge is 0.336 e. The summed E-state index contributed by atoms with van der Waals surface area (Å²) >= 11 is 5.89. The lowest BCUT2D eigenvalue weighted by Crippen LogP contribution is -2.28. The second-order valence-corrected chi connectivity index (χ2v) is 4.66. The van der Waals surface area contributed by atoms with E-state index in [1.807, 2.05) is 12.1 Å². The number of hydrogen-bond acceptors (Lipinski definition) is 2. The molecule has 1 amide bonds. The molecule has 0 atom stereocenters. The Bertz CT molecular complexity index is 652. The van der Waals surface area contributed by atoms with Gasteiger partial charge in [-0.05, 0) is 23.8 Å². The van der Waals surface area contributed by atoms with E-state index < -0.39 is 0 Å². The maximum absolute atomic E-state index is 12.1. The number of carbonyl (C=O) groups excluding carboxylic acids is 1. The van der Waals surface area contributed by atoms with Crippen LogP contribution in [0.25, 0.3) is 0 Å². The van der Waals surface area contributed by atoms with Crippen molar-refractivity contribution in [2.24, 2.45) is 0 Å². The highest BCUT2D eigenvalue weighted by molar-refractivity contribution is 6.30. The Morgan fingerprint density at radius 2 is 2.00 bits per heavy atom. The van der Waals surface area contributed by atoms with Crippen LogP contribution in [0.4, 0.5) is 0 Å². The third kappa shape index (κ3) is 3.45. The van der Waals surface area contributed by atoms with Gasteiger partial charge >= 0.3 is 0 Å². The molecule has 0 aliphatic heterocycles. The molecule has 1 aromatic carbocycles. The molecule has 2 aromatic rings. The number of halogens is 1. The van der Waals surface area contributed by atoms with E-state index in [1.165, 1.54) is 11.0 Å². The number of hydrogen-bond donors (Lipinski definition) is 1. The fraction of sp³-hybridized carbons (Fsp3) is 0.143. The van der Waals surface area contributed by atoms with Gasteiger partial charge in [0.05, 0.1) is 0 Å². The number of amides is 1. The molecular weight excluding hydrogens is 264 g/mol. The minimum atomic E-state index is -0.290. The zero-order chi connectivity index (χ0) is 13.8. The molecule has 98 valence electrons. The maximum Gasteiger partial charge on any atom is 0.270 e. The zero-order valence-electron chi connectivity index (χ0n) is 10.4. The van der Waals surface area contributed by atoms with Crippen molar-refractivity contribution in [1.29, 1.82) is 0 Å². The van der Waals surface area contributed by atoms with Crippen LogP contribution < -0.4 is 5.56 Å². The molecule has 4 nitrogen and oxygen atoms in total. The van der Waals surface area contributed by atoms with Crippen LogP contribution in [0, 0.1) is 0 Å². The SMILES string of the molecule is CN(Cc1cccc(Cl)c1)C(=O)c1cccc(=O)[nH]1. The second-order valence-electron chi connectivity index (χ2n) is 4.22. The first-order chi connectivity index (χ1) is 9.06. The molecule has 2 rings (SSSR count). The van der Waals surface area contributed by atoms with E-state index in [-0.39, 0.29) is 17.2 Å². The van der Waals surface area contributed by atoms with E-state index >= 15 is 0 Å². The molecule has 1 heterocycles. The van der Waals surface area contributed by atoms with E-state index in [1.54, 1.807) is 31.3 Å². The first kappa shape index (κ1) is 13.4. The smallest absolute Gasteiger partial charge is 0.270 e. The molecule has 0 spiro atoms. The van der Waals surface area contributed by atoms with E-state index in [9.17, 15) is 9.59 Å². The summed E-state index contributed by atoms with van der Waals surface area (Å²) in [6, 6.07) is 11.8. The van der Waals surface area contributed by atoms with E-state index in [2.05, 4.69) is 4.98 Å². The van der Waals surface area contributed by atoms with E-state index in [0.717, 1.165) is 5.56 Å². The maximum atomic E-state index is 12.1. The van der Waals surface area contributed by atoms with Gasteiger partial charge in [-0.25, -0.2) is 0 Å². The minimum Gasteiger partial charge on any atom is -0.336 e. The predicted molar refractivity (Wildman–Crippen MR) is 74.3 cm³/mol. The summed E-state index contributed by atoms with van der Waals surface area (Å²) < 4.78 is 0. The van der Waals surface area contributed by atoms with Gasteiger partial charge in [0.15, 0.2) is 0 Å². The molecule has 0 unspecified atom stereocenters. The number of H-pyrrole nitrogens is 1. The number of aromatic amines is 1. The van der Waals surface area contributed by atoms with Gasteiger partial charge < -0.3 is 9.88 Å². The average Bonchev–Trinajstić information content (AvgIpc) is 2.38. The highest BCUT2D eigenvalue weighted by Crippen LogP contribution is 2.12. The van der Waals surface area contributed by atoms with Crippen molar-refractivity contribution in [3.63, 3.8) is 0 Å². The number of benzene rings is 1. The van der Waals surface area contributed by atoms with Gasteiger partial charge in [-0.1, -0.05) is 29.8 Å². The fourth-order valence-electron chi connectivity index (χ4n) is 1.76. The molecule has 0 saturated heterocycles. The van der Waals surface area contributed by atoms with Gasteiger partial charge in [0.1, 0.15) is 5.69 Å². The van der Waals surface area contributed by atoms with Gasteiger partial charge in [-0.2, -0.15) is 0 Å². The van der Waals surface area contributed by atoms with Crippen LogP contribution in [0.2, 0.25) is 5.02 Å². The lowest BCUT2D eigenvalue weighted by molar-refractivity contribution is 0.0779. The number of rotatable bonds is 3. The van der Waals surface area contributed by atoms with Gasteiger partial charge in [0, 0.05) is 24.7 Å². The topological polar surface area (TPSA) is 53.2 Å². The molecule has 0 fully saturated rings. The molecule has 0 radical (unpaired) electrons. The summed E-state index contributed by atoms with van der Waals surface area (Å²) in [5.41, 5.74) is 0.917. The second kappa shape index (κ2) is 5.71. The Kier molecular flexibility index (Phi) is 4.02. The molecule has 1 aromatic heterocycles. The number of aromatic nitrogens is 1. The summed E-state index contributed by atoms with van der Waals surface area (Å²) in [7, 11) is 1.68. The van der Waals surface area contributed by atoms with Crippen LogP contribution in [0.1, 0.15) is 16.1 Å². The first-order valence-electron chi connectivity index (χ1n) is 5.75. The van der Waals surface area contributed by atoms with Crippen LogP contribution in [-0.4, -0.2) is 22.8 Å². The normalized spacial score (nSPS) is 10.2. The number of nitrogens with zero attached hydrogens (tertiary/aromatic N) is 1. The highest BCUT2D eigenvalue weighted by Gasteiger charge is 2.12. The van der Waals surface area contributed by atoms with Crippen molar-refractivity contribution in [2.45, 2.75) is 6.54 Å². The van der Waals surface area contributed by atoms with Crippen molar-refractivity contribution < 1.29 is 4.79 Å². The van der Waals surface area contributed by atoms with Crippen molar-refractivity contribution >= 4 is 17.5 Å². The average molecular weight is 277 g/mol. The Morgan fingerprint density at radius 1 is 1.26 bits per heavy atom. The fourth-order valence-corrected chi connectivity index (χ4v) is 1.97. The number of pyridine rings is 1. The monoisotopic (exact) mass is 276 g/mol. The van der Waals surface area contributed by atoms with Crippen molar-refractivity contribution in [1.82, 2.24) is 9.88 Å². The lowest BCUT2D eigenvalue weighted by atomic mass is 10.2. The summed E-state index contributed by atoms with van der Waals surface area (Å²) in [5.74, 6) is -0.238. The lowest BCUT2D eigenvalue weighted by Gasteiger charge is -2.17. The molecule has 0 bridgehead atoms. The third-order valence-electron chi connectivity index (χ3n) is 2.65. The van der Waals surface area contributed by atoms with Crippen molar-refractivity contribution in [2.75, 3.05) is 7.05 Å². The van der Waals surface area contributed by atoms with Gasteiger partial charge in [0.25, 0.3) is 5.91 Å². The number of nitrogens with one attached hydrogen (secondary N) is 1. The summed E-state index contributed by atoms with van der Waals surface area (Å²) in [6.45, 7) is 0.427. The third-order valence-corrected chi connectivity index (χ3v) is 2.89. The molecule has 0 saturated carbocycles. The molecule has 5 heteroatoms. The predicted octanol–water partition coefficient (Wildman–Crippen LogP) is 2.30. The van der Waals surface area contributed by atoms with Crippen molar-refractivity contribution in [3.05, 3.63) is 69.1 Å². The highest BCUT2D eigenvalue weighted by atomic mass is 35.5. The summed E-state index contributed by atoms with van der Waals surface area (Å²) in [6.07, 6.45) is 0. The number of carbonyl (C=O) groups is 1. The molecule has 0 aliphatic carbocycles. The van der Waals surface area contributed by atoms with Gasteiger partial charge in [-0.3, -0.25) is 9.59 Å². The van der Waals surface area contributed by atoms with Gasteiger partial charge in [-0.15, -0.1) is 0 Å². The van der Waals surface area contributed by atoms with Crippen molar-refractivity contribution in [3.8, 4) is 0 Å². The van der Waals surface area contributed by atoms with Crippen LogP contribution in [0.15, 0.2) is 47.3 Å². The first-order valence-corrected chi connectivity index (χ1v) is 6.13. The Balaban J connectivity index is 2.14. The Morgan fingerprint density at radius 3 is 2.68 bits per heavy atom. The van der Waals surface area contributed by atoms with Crippen LogP contribution >= 0.6 is 11.6 Å². The molecular formula is C14H13ClN2O2. The minimum absolute atomic E-state index is 0.238. The zero-order valence-corrected chi connectivity index (χ0v) is 11.1.